The maximum absolute atomic E-state index is 12.4. The second-order valence-corrected chi connectivity index (χ2v) is 7.27. The highest BCUT2D eigenvalue weighted by Crippen LogP contribution is 2.38. The molecule has 8 nitrogen and oxygen atoms in total. The average molecular weight is 415 g/mol. The van der Waals surface area contributed by atoms with E-state index in [1.165, 1.54) is 6.26 Å². The van der Waals surface area contributed by atoms with E-state index in [4.69, 9.17) is 9.15 Å². The molecule has 0 bridgehead atoms. The summed E-state index contributed by atoms with van der Waals surface area (Å²) in [6.45, 7) is 0. The Morgan fingerprint density at radius 2 is 1.90 bits per heavy atom. The molecule has 2 aromatic carbocycles. The van der Waals surface area contributed by atoms with Gasteiger partial charge >= 0.3 is 0 Å². The van der Waals surface area contributed by atoms with Crippen LogP contribution < -0.4 is 15.4 Å². The number of nitrogens with one attached hydrogen (secondary N) is 2. The predicted molar refractivity (Wildman–Crippen MR) is 115 cm³/mol. The molecule has 0 aliphatic carbocycles. The molecule has 0 fully saturated rings. The number of hydrogen-bond donors (Lipinski definition) is 2. The molecule has 4 aromatic rings. The topological polar surface area (TPSA) is 94.2 Å². The van der Waals surface area contributed by atoms with Crippen LogP contribution in [-0.2, 0) is 0 Å². The number of carbonyl (C=O) groups excluding carboxylic acids is 1. The maximum Gasteiger partial charge on any atom is 0.293 e. The number of furan rings is 1. The van der Waals surface area contributed by atoms with Gasteiger partial charge in [0.05, 0.1) is 25.5 Å². The summed E-state index contributed by atoms with van der Waals surface area (Å²) < 4.78 is 12.3. The fourth-order valence-electron chi connectivity index (χ4n) is 3.81. The Hall–Kier alpha value is -4.07. The molecule has 0 saturated heterocycles. The highest BCUT2D eigenvalue weighted by Gasteiger charge is 2.31. The number of nitrogens with zero attached hydrogens (tertiary/aromatic N) is 3. The van der Waals surface area contributed by atoms with E-state index in [2.05, 4.69) is 32.8 Å². The summed E-state index contributed by atoms with van der Waals surface area (Å²) in [6, 6.07) is 21.4. The van der Waals surface area contributed by atoms with Crippen molar-refractivity contribution >= 4 is 17.8 Å². The Morgan fingerprint density at radius 3 is 2.61 bits per heavy atom. The largest absolute Gasteiger partial charge is 0.497 e. The van der Waals surface area contributed by atoms with Crippen molar-refractivity contribution in [3.05, 3.63) is 89.9 Å². The van der Waals surface area contributed by atoms with E-state index in [0.717, 1.165) is 23.3 Å². The van der Waals surface area contributed by atoms with E-state index < -0.39 is 5.91 Å². The van der Waals surface area contributed by atoms with Crippen molar-refractivity contribution in [3.8, 4) is 5.75 Å². The zero-order valence-corrected chi connectivity index (χ0v) is 16.9. The smallest absolute Gasteiger partial charge is 0.293 e. The summed E-state index contributed by atoms with van der Waals surface area (Å²) in [6.07, 6.45) is 2.23. The van der Waals surface area contributed by atoms with Crippen molar-refractivity contribution in [2.45, 2.75) is 18.5 Å². The van der Waals surface area contributed by atoms with Crippen molar-refractivity contribution in [2.75, 3.05) is 17.7 Å². The summed E-state index contributed by atoms with van der Waals surface area (Å²) in [4.78, 5) is 16.9. The van der Waals surface area contributed by atoms with Crippen molar-refractivity contribution in [1.29, 1.82) is 0 Å². The molecule has 0 spiro atoms. The standard InChI is InChI=1S/C23H21N5O3/c1-30-17-11-9-16(10-12-17)19-14-18(15-6-3-2-4-7-15)24-23-26-22(27-28(19)23)25-21(29)20-8-5-13-31-20/h2-13,18-19H,14H2,1H3,(H2,24,25,26,27,29)/t18-,19+/m0/s1. The summed E-state index contributed by atoms with van der Waals surface area (Å²) in [5, 5.41) is 10.7. The van der Waals surface area contributed by atoms with Gasteiger partial charge in [-0.15, -0.1) is 5.10 Å². The van der Waals surface area contributed by atoms with Crippen LogP contribution in [0.4, 0.5) is 11.9 Å². The fraction of sp³-hybridized carbons (Fsp3) is 0.174. The fourth-order valence-corrected chi connectivity index (χ4v) is 3.81. The molecule has 0 radical (unpaired) electrons. The van der Waals surface area contributed by atoms with Crippen molar-refractivity contribution in [2.24, 2.45) is 0 Å². The van der Waals surface area contributed by atoms with E-state index in [1.807, 2.05) is 47.1 Å². The van der Waals surface area contributed by atoms with Crippen LogP contribution in [0.25, 0.3) is 0 Å². The first-order valence-corrected chi connectivity index (χ1v) is 9.98. The van der Waals surface area contributed by atoms with Gasteiger partial charge < -0.3 is 14.5 Å². The zero-order valence-electron chi connectivity index (χ0n) is 16.9. The van der Waals surface area contributed by atoms with Crippen LogP contribution in [0.2, 0.25) is 0 Å². The Balaban J connectivity index is 1.49. The number of fused-ring (bicyclic) bond motifs is 1. The van der Waals surface area contributed by atoms with Crippen LogP contribution in [0.15, 0.2) is 77.4 Å². The van der Waals surface area contributed by atoms with Gasteiger partial charge in [0.2, 0.25) is 5.95 Å². The number of anilines is 2. The van der Waals surface area contributed by atoms with Crippen molar-refractivity contribution in [1.82, 2.24) is 14.8 Å². The normalized spacial score (nSPS) is 17.5. The van der Waals surface area contributed by atoms with Crippen LogP contribution in [0.1, 0.15) is 40.2 Å². The Morgan fingerprint density at radius 1 is 1.10 bits per heavy atom. The Kier molecular flexibility index (Phi) is 4.87. The molecule has 0 saturated carbocycles. The van der Waals surface area contributed by atoms with E-state index in [1.54, 1.807) is 19.2 Å². The van der Waals surface area contributed by atoms with Crippen molar-refractivity contribution in [3.63, 3.8) is 0 Å². The van der Waals surface area contributed by atoms with E-state index in [9.17, 15) is 4.79 Å². The third kappa shape index (κ3) is 3.75. The number of methoxy groups -OCH3 is 1. The van der Waals surface area contributed by atoms with E-state index >= 15 is 0 Å². The molecule has 1 amide bonds. The molecule has 31 heavy (non-hydrogen) atoms. The predicted octanol–water partition coefficient (Wildman–Crippen LogP) is 4.28. The monoisotopic (exact) mass is 415 g/mol. The highest BCUT2D eigenvalue weighted by atomic mass is 16.5. The summed E-state index contributed by atoms with van der Waals surface area (Å²) >= 11 is 0. The molecule has 3 heterocycles. The number of rotatable bonds is 5. The number of carbonyl (C=O) groups is 1. The number of ether oxygens (including phenoxy) is 1. The molecule has 2 atom stereocenters. The van der Waals surface area contributed by atoms with Gasteiger partial charge in [-0.25, -0.2) is 4.68 Å². The van der Waals surface area contributed by atoms with Gasteiger partial charge in [-0.3, -0.25) is 10.1 Å². The average Bonchev–Trinajstić information content (AvgIpc) is 3.49. The Bertz CT molecular complexity index is 1170. The minimum absolute atomic E-state index is 0.0543. The molecular weight excluding hydrogens is 394 g/mol. The molecule has 1 aliphatic rings. The first kappa shape index (κ1) is 18.9. The SMILES string of the molecule is COc1ccc([C@H]2C[C@@H](c3ccccc3)Nc3nc(NC(=O)c4ccco4)nn32)cc1. The maximum atomic E-state index is 12.4. The molecule has 8 heteroatoms. The lowest BCUT2D eigenvalue weighted by molar-refractivity contribution is 0.0995. The highest BCUT2D eigenvalue weighted by molar-refractivity contribution is 6.01. The van der Waals surface area contributed by atoms with Gasteiger partial charge in [-0.05, 0) is 41.8 Å². The number of aromatic nitrogens is 3. The van der Waals surface area contributed by atoms with Crippen molar-refractivity contribution < 1.29 is 13.9 Å². The molecule has 2 N–H and O–H groups in total. The van der Waals surface area contributed by atoms with Crippen LogP contribution in [0.5, 0.6) is 5.75 Å². The molecule has 156 valence electrons. The first-order valence-electron chi connectivity index (χ1n) is 9.98. The minimum atomic E-state index is -0.395. The van der Waals surface area contributed by atoms with Gasteiger partial charge in [0.15, 0.2) is 5.76 Å². The second kappa shape index (κ2) is 7.98. The number of benzene rings is 2. The van der Waals surface area contributed by atoms with Gasteiger partial charge in [0.25, 0.3) is 11.9 Å². The van der Waals surface area contributed by atoms with Crippen LogP contribution in [-0.4, -0.2) is 27.8 Å². The third-order valence-corrected chi connectivity index (χ3v) is 5.36. The summed E-state index contributed by atoms with van der Waals surface area (Å²) in [5.41, 5.74) is 2.25. The number of hydrogen-bond acceptors (Lipinski definition) is 6. The second-order valence-electron chi connectivity index (χ2n) is 7.27. The molecular formula is C23H21N5O3. The minimum Gasteiger partial charge on any atom is -0.497 e. The molecule has 2 aromatic heterocycles. The molecule has 1 aliphatic heterocycles. The van der Waals surface area contributed by atoms with Gasteiger partial charge in [-0.2, -0.15) is 4.98 Å². The van der Waals surface area contributed by atoms with Crippen LogP contribution in [0.3, 0.4) is 0 Å². The van der Waals surface area contributed by atoms with Gasteiger partial charge in [-0.1, -0.05) is 42.5 Å². The van der Waals surface area contributed by atoms with Crippen LogP contribution in [0, 0.1) is 0 Å². The van der Waals surface area contributed by atoms with Gasteiger partial charge in [0.1, 0.15) is 5.75 Å². The van der Waals surface area contributed by atoms with E-state index in [0.29, 0.717) is 5.95 Å². The first-order chi connectivity index (χ1) is 15.2. The zero-order chi connectivity index (χ0) is 21.2. The molecule has 0 unspecified atom stereocenters. The van der Waals surface area contributed by atoms with E-state index in [-0.39, 0.29) is 23.8 Å². The summed E-state index contributed by atoms with van der Waals surface area (Å²) in [5.74, 6) is 1.41. The lowest BCUT2D eigenvalue weighted by atomic mass is 9.93. The Labute approximate surface area is 178 Å². The lowest BCUT2D eigenvalue weighted by Crippen LogP contribution is -2.28. The van der Waals surface area contributed by atoms with Crippen LogP contribution >= 0.6 is 0 Å². The molecule has 5 rings (SSSR count). The lowest BCUT2D eigenvalue weighted by Gasteiger charge is -2.31. The third-order valence-electron chi connectivity index (χ3n) is 5.36. The summed E-state index contributed by atoms with van der Waals surface area (Å²) in [7, 11) is 1.65. The van der Waals surface area contributed by atoms with Gasteiger partial charge in [0, 0.05) is 0 Å². The quantitative estimate of drug-likeness (QED) is 0.505. The number of amides is 1.